The van der Waals surface area contributed by atoms with Gasteiger partial charge in [0.25, 0.3) is 0 Å². The Balaban J connectivity index is 1.26. The second-order valence-electron chi connectivity index (χ2n) is 9.37. The largest absolute Gasteiger partial charge is 0.508 e. The van der Waals surface area contributed by atoms with Crippen LogP contribution in [0.3, 0.4) is 0 Å². The molecule has 0 spiro atoms. The van der Waals surface area contributed by atoms with Crippen molar-refractivity contribution in [1.82, 2.24) is 20.2 Å². The van der Waals surface area contributed by atoms with E-state index in [0.29, 0.717) is 10.8 Å². The second kappa shape index (κ2) is 9.34. The molecule has 0 aliphatic rings. The number of anilines is 2. The maximum atomic E-state index is 10.1. The Morgan fingerprint density at radius 3 is 2.03 bits per heavy atom. The van der Waals surface area contributed by atoms with Gasteiger partial charge in [-0.2, -0.15) is 0 Å². The van der Waals surface area contributed by atoms with Gasteiger partial charge < -0.3 is 25.5 Å². The maximum Gasteiger partial charge on any atom is 0.210 e. The van der Waals surface area contributed by atoms with E-state index < -0.39 is 0 Å². The van der Waals surface area contributed by atoms with Crippen LogP contribution >= 0.6 is 11.3 Å². The third-order valence-electron chi connectivity index (χ3n) is 7.00. The van der Waals surface area contributed by atoms with Crippen molar-refractivity contribution in [1.29, 1.82) is 0 Å². The number of H-pyrrole nitrogens is 2. The molecule has 39 heavy (non-hydrogen) atoms. The molecular formula is C31H23N5O2S. The quantitative estimate of drug-likeness (QED) is 0.113. The molecule has 7 aromatic rings. The van der Waals surface area contributed by atoms with E-state index in [1.165, 1.54) is 57.0 Å². The van der Waals surface area contributed by atoms with Crippen molar-refractivity contribution in [3.63, 3.8) is 0 Å². The number of nitrogens with zero attached hydrogens (tertiary/aromatic N) is 2. The number of rotatable bonds is 6. The highest BCUT2D eigenvalue weighted by Crippen LogP contribution is 2.40. The third kappa shape index (κ3) is 4.17. The number of aromatic amines is 2. The lowest BCUT2D eigenvalue weighted by Crippen LogP contribution is -2.02. The zero-order valence-corrected chi connectivity index (χ0v) is 21.4. The topological polar surface area (TPSA) is 110 Å². The lowest BCUT2D eigenvalue weighted by atomic mass is 9.84. The number of phenols is 2. The fourth-order valence-electron chi connectivity index (χ4n) is 5.14. The van der Waals surface area contributed by atoms with E-state index >= 15 is 0 Å². The number of hydrogen-bond acceptors (Lipinski definition) is 6. The number of para-hydroxylation sites is 2. The van der Waals surface area contributed by atoms with E-state index in [1.54, 1.807) is 0 Å². The molecule has 0 aliphatic heterocycles. The van der Waals surface area contributed by atoms with Crippen LogP contribution in [0.2, 0.25) is 0 Å². The molecule has 3 heterocycles. The Morgan fingerprint density at radius 1 is 0.718 bits per heavy atom. The summed E-state index contributed by atoms with van der Waals surface area (Å²) in [6.45, 7) is 0. The van der Waals surface area contributed by atoms with Crippen LogP contribution < -0.4 is 5.32 Å². The van der Waals surface area contributed by atoms with Gasteiger partial charge in [0.1, 0.15) is 16.5 Å². The van der Waals surface area contributed by atoms with E-state index in [-0.39, 0.29) is 17.4 Å². The molecule has 0 bridgehead atoms. The predicted molar refractivity (Wildman–Crippen MR) is 156 cm³/mol. The first kappa shape index (κ1) is 23.1. The Labute approximate surface area is 227 Å². The monoisotopic (exact) mass is 529 g/mol. The summed E-state index contributed by atoms with van der Waals surface area (Å²) in [7, 11) is 0. The molecule has 0 amide bonds. The number of nitrogens with one attached hydrogen (secondary N) is 3. The average molecular weight is 530 g/mol. The Kier molecular flexibility index (Phi) is 5.53. The number of benzene rings is 4. The summed E-state index contributed by atoms with van der Waals surface area (Å²) in [5.74, 6) is 0.0943. The first-order valence-electron chi connectivity index (χ1n) is 12.5. The fraction of sp³-hybridized carbons (Fsp3) is 0.0323. The SMILES string of the molecule is Oc1ccc(O)c(Nc2nnc(-c3ccc(C(c4c[nH]c5ccccc45)c4c[nH]c5ccccc45)cc3)s2)c1. The molecular weight excluding hydrogens is 506 g/mol. The summed E-state index contributed by atoms with van der Waals surface area (Å²) >= 11 is 1.37. The van der Waals surface area contributed by atoms with Crippen LogP contribution in [-0.4, -0.2) is 30.4 Å². The summed E-state index contributed by atoms with van der Waals surface area (Å²) in [6, 6.07) is 29.5. The van der Waals surface area contributed by atoms with Gasteiger partial charge in [0.15, 0.2) is 0 Å². The molecule has 7 nitrogen and oxygen atoms in total. The fourth-order valence-corrected chi connectivity index (χ4v) is 5.90. The van der Waals surface area contributed by atoms with E-state index in [0.717, 1.165) is 21.6 Å². The highest BCUT2D eigenvalue weighted by molar-refractivity contribution is 7.18. The lowest BCUT2D eigenvalue weighted by Gasteiger charge is -2.18. The van der Waals surface area contributed by atoms with Crippen LogP contribution in [-0.2, 0) is 0 Å². The van der Waals surface area contributed by atoms with Gasteiger partial charge in [0.2, 0.25) is 5.13 Å². The summed E-state index contributed by atoms with van der Waals surface area (Å²) in [5, 5.41) is 35.1. The first-order valence-corrected chi connectivity index (χ1v) is 13.3. The molecule has 0 radical (unpaired) electrons. The van der Waals surface area contributed by atoms with Gasteiger partial charge in [-0.25, -0.2) is 0 Å². The van der Waals surface area contributed by atoms with Crippen LogP contribution in [0.4, 0.5) is 10.8 Å². The van der Waals surface area contributed by atoms with Gasteiger partial charge in [-0.1, -0.05) is 72.0 Å². The molecule has 0 unspecified atom stereocenters. The van der Waals surface area contributed by atoms with E-state index in [4.69, 9.17) is 0 Å². The molecule has 3 aromatic heterocycles. The van der Waals surface area contributed by atoms with E-state index in [2.05, 4.69) is 98.5 Å². The van der Waals surface area contributed by atoms with Gasteiger partial charge in [0, 0.05) is 51.7 Å². The molecule has 4 aromatic carbocycles. The number of fused-ring (bicyclic) bond motifs is 2. The molecule has 0 atom stereocenters. The van der Waals surface area contributed by atoms with Crippen molar-refractivity contribution in [2.24, 2.45) is 0 Å². The predicted octanol–water partition coefficient (Wildman–Crippen LogP) is 7.50. The molecule has 0 saturated carbocycles. The van der Waals surface area contributed by atoms with Crippen molar-refractivity contribution in [2.45, 2.75) is 5.92 Å². The summed E-state index contributed by atoms with van der Waals surface area (Å²) < 4.78 is 0. The highest BCUT2D eigenvalue weighted by Gasteiger charge is 2.23. The minimum absolute atomic E-state index is 0.0201. The van der Waals surface area contributed by atoms with Gasteiger partial charge in [-0.05, 0) is 41.0 Å². The van der Waals surface area contributed by atoms with Crippen LogP contribution in [0.25, 0.3) is 32.4 Å². The highest BCUT2D eigenvalue weighted by atomic mass is 32.1. The summed E-state index contributed by atoms with van der Waals surface area (Å²) in [4.78, 5) is 6.90. The van der Waals surface area contributed by atoms with Crippen molar-refractivity contribution in [3.8, 4) is 22.1 Å². The number of phenolic OH excluding ortho intramolecular Hbond substituents is 2. The first-order chi connectivity index (χ1) is 19.1. The summed E-state index contributed by atoms with van der Waals surface area (Å²) in [6.07, 6.45) is 4.23. The van der Waals surface area contributed by atoms with Crippen molar-refractivity contribution >= 4 is 44.0 Å². The molecule has 5 N–H and O–H groups in total. The smallest absolute Gasteiger partial charge is 0.210 e. The van der Waals surface area contributed by atoms with E-state index in [9.17, 15) is 10.2 Å². The summed E-state index contributed by atoms with van der Waals surface area (Å²) in [5.41, 5.74) is 7.14. The van der Waals surface area contributed by atoms with E-state index in [1.807, 2.05) is 12.1 Å². The maximum absolute atomic E-state index is 10.1. The third-order valence-corrected chi connectivity index (χ3v) is 7.89. The number of aromatic nitrogens is 4. The number of aromatic hydroxyl groups is 2. The molecule has 0 saturated heterocycles. The molecule has 0 fully saturated rings. The standard InChI is InChI=1S/C31H23N5O2S/c37-20-13-14-28(38)27(15-20)34-31-36-35-30(39-31)19-11-9-18(10-12-19)29(23-16-32-25-7-3-1-5-21(23)25)24-17-33-26-8-4-2-6-22(24)26/h1-17,29,32-33,37-38H,(H,34,36). The molecule has 190 valence electrons. The molecule has 7 rings (SSSR count). The van der Waals surface area contributed by atoms with Gasteiger partial charge in [0.05, 0.1) is 5.69 Å². The zero-order valence-electron chi connectivity index (χ0n) is 20.6. The lowest BCUT2D eigenvalue weighted by molar-refractivity contribution is 0.462. The Bertz CT molecular complexity index is 1860. The molecule has 0 aliphatic carbocycles. The Morgan fingerprint density at radius 2 is 1.36 bits per heavy atom. The molecule has 8 heteroatoms. The minimum Gasteiger partial charge on any atom is -0.508 e. The van der Waals surface area contributed by atoms with Crippen LogP contribution in [0, 0.1) is 0 Å². The van der Waals surface area contributed by atoms with Crippen LogP contribution in [0.5, 0.6) is 11.5 Å². The normalized spacial score (nSPS) is 11.5. The van der Waals surface area contributed by atoms with Crippen LogP contribution in [0.1, 0.15) is 22.6 Å². The van der Waals surface area contributed by atoms with Crippen molar-refractivity contribution in [3.05, 3.63) is 120 Å². The average Bonchev–Trinajstić information content (AvgIpc) is 3.71. The minimum atomic E-state index is 0.0201. The van der Waals surface area contributed by atoms with Crippen molar-refractivity contribution < 1.29 is 10.2 Å². The van der Waals surface area contributed by atoms with Gasteiger partial charge in [-0.15, -0.1) is 10.2 Å². The number of hydrogen-bond donors (Lipinski definition) is 5. The van der Waals surface area contributed by atoms with Gasteiger partial charge in [-0.3, -0.25) is 0 Å². The van der Waals surface area contributed by atoms with Gasteiger partial charge >= 0.3 is 0 Å². The van der Waals surface area contributed by atoms with Crippen molar-refractivity contribution in [2.75, 3.05) is 5.32 Å². The zero-order chi connectivity index (χ0) is 26.3. The second-order valence-corrected chi connectivity index (χ2v) is 10.4. The Hall–Kier alpha value is -5.08. The van der Waals surface area contributed by atoms with Crippen LogP contribution in [0.15, 0.2) is 103 Å².